The number of carbonyl (C=O) groups is 2. The van der Waals surface area contributed by atoms with Crippen molar-refractivity contribution in [3.63, 3.8) is 0 Å². The summed E-state index contributed by atoms with van der Waals surface area (Å²) in [5.41, 5.74) is 0. The van der Waals surface area contributed by atoms with E-state index >= 15 is 0 Å². The van der Waals surface area contributed by atoms with Crippen LogP contribution in [0.5, 0.6) is 0 Å². The van der Waals surface area contributed by atoms with Crippen LogP contribution in [0.3, 0.4) is 0 Å². The number of urea groups is 1. The number of hydrogen-bond donors (Lipinski definition) is 2. The number of likely N-dealkylation sites (tertiary alicyclic amines) is 1. The van der Waals surface area contributed by atoms with E-state index in [2.05, 4.69) is 5.32 Å². The van der Waals surface area contributed by atoms with Crippen LogP contribution < -0.4 is 5.32 Å². The lowest BCUT2D eigenvalue weighted by molar-refractivity contribution is -0.137. The van der Waals surface area contributed by atoms with Crippen molar-refractivity contribution in [2.75, 3.05) is 6.54 Å². The van der Waals surface area contributed by atoms with Crippen LogP contribution >= 0.6 is 0 Å². The van der Waals surface area contributed by atoms with Gasteiger partial charge in [0, 0.05) is 18.6 Å². The fraction of sp³-hybridized carbons (Fsp3) is 0.846. The summed E-state index contributed by atoms with van der Waals surface area (Å²) >= 11 is 0. The molecule has 3 unspecified atom stereocenters. The highest BCUT2D eigenvalue weighted by atomic mass is 16.4. The second-order valence-electron chi connectivity index (χ2n) is 5.88. The fourth-order valence-corrected chi connectivity index (χ4v) is 3.06. The standard InChI is InChI=1S/C13H22N2O3/c1-8(2)11(6-12(16)17)14-13(18)15-7-9-3-4-10(15)5-9/h8-11H,3-7H2,1-2H3,(H,14,18)(H,16,17). The third-order valence-corrected chi connectivity index (χ3v) is 4.18. The summed E-state index contributed by atoms with van der Waals surface area (Å²) < 4.78 is 0. The number of carboxylic acids is 1. The van der Waals surface area contributed by atoms with Crippen molar-refractivity contribution in [2.24, 2.45) is 11.8 Å². The number of carboxylic acid groups (broad SMARTS) is 1. The van der Waals surface area contributed by atoms with E-state index in [1.165, 1.54) is 6.42 Å². The first-order chi connectivity index (χ1) is 8.47. The predicted molar refractivity (Wildman–Crippen MR) is 67.2 cm³/mol. The SMILES string of the molecule is CC(C)C(CC(=O)O)NC(=O)N1CC2CCC1C2. The number of hydrogen-bond acceptors (Lipinski definition) is 2. The fourth-order valence-electron chi connectivity index (χ4n) is 3.06. The summed E-state index contributed by atoms with van der Waals surface area (Å²) in [6, 6.07) is 0.0175. The van der Waals surface area contributed by atoms with Gasteiger partial charge in [-0.1, -0.05) is 13.8 Å². The number of rotatable bonds is 4. The Hall–Kier alpha value is -1.26. The molecule has 102 valence electrons. The Balaban J connectivity index is 1.90. The first-order valence-corrected chi connectivity index (χ1v) is 6.76. The summed E-state index contributed by atoms with van der Waals surface area (Å²) in [6.07, 6.45) is 3.45. The zero-order valence-electron chi connectivity index (χ0n) is 11.1. The van der Waals surface area contributed by atoms with Gasteiger partial charge in [-0.3, -0.25) is 4.79 Å². The van der Waals surface area contributed by atoms with E-state index in [4.69, 9.17) is 5.11 Å². The molecule has 1 aliphatic heterocycles. The summed E-state index contributed by atoms with van der Waals surface area (Å²) in [5, 5.41) is 11.7. The topological polar surface area (TPSA) is 69.6 Å². The second kappa shape index (κ2) is 5.16. The van der Waals surface area contributed by atoms with E-state index in [1.54, 1.807) is 0 Å². The highest BCUT2D eigenvalue weighted by molar-refractivity contribution is 5.76. The van der Waals surface area contributed by atoms with E-state index in [1.807, 2.05) is 18.7 Å². The van der Waals surface area contributed by atoms with E-state index in [-0.39, 0.29) is 24.4 Å². The number of nitrogens with one attached hydrogen (secondary N) is 1. The van der Waals surface area contributed by atoms with Crippen LogP contribution in [0.1, 0.15) is 39.5 Å². The van der Waals surface area contributed by atoms with Gasteiger partial charge in [-0.15, -0.1) is 0 Å². The van der Waals surface area contributed by atoms with Gasteiger partial charge in [0.15, 0.2) is 0 Å². The third kappa shape index (κ3) is 2.76. The van der Waals surface area contributed by atoms with E-state index < -0.39 is 5.97 Å². The van der Waals surface area contributed by atoms with Gasteiger partial charge in [0.2, 0.25) is 0 Å². The van der Waals surface area contributed by atoms with Crippen molar-refractivity contribution in [3.8, 4) is 0 Å². The molecule has 5 nitrogen and oxygen atoms in total. The molecular formula is C13H22N2O3. The van der Waals surface area contributed by atoms with Crippen LogP contribution in [-0.2, 0) is 4.79 Å². The zero-order chi connectivity index (χ0) is 13.3. The number of nitrogens with zero attached hydrogens (tertiary/aromatic N) is 1. The third-order valence-electron chi connectivity index (χ3n) is 4.18. The van der Waals surface area contributed by atoms with Gasteiger partial charge in [-0.05, 0) is 31.1 Å². The van der Waals surface area contributed by atoms with E-state index in [0.29, 0.717) is 12.0 Å². The monoisotopic (exact) mass is 254 g/mol. The molecule has 2 amide bonds. The smallest absolute Gasteiger partial charge is 0.317 e. The summed E-state index contributed by atoms with van der Waals surface area (Å²) in [4.78, 5) is 24.8. The quantitative estimate of drug-likeness (QED) is 0.802. The molecular weight excluding hydrogens is 232 g/mol. The summed E-state index contributed by atoms with van der Waals surface area (Å²) in [6.45, 7) is 4.71. The molecule has 0 spiro atoms. The minimum atomic E-state index is -0.864. The molecule has 1 saturated carbocycles. The Morgan fingerprint density at radius 1 is 1.39 bits per heavy atom. The highest BCUT2D eigenvalue weighted by Gasteiger charge is 2.40. The number of fused-ring (bicyclic) bond motifs is 2. The lowest BCUT2D eigenvalue weighted by atomic mass is 10.0. The van der Waals surface area contributed by atoms with E-state index in [9.17, 15) is 9.59 Å². The van der Waals surface area contributed by atoms with Crippen molar-refractivity contribution in [1.82, 2.24) is 10.2 Å². The van der Waals surface area contributed by atoms with Crippen molar-refractivity contribution < 1.29 is 14.7 Å². The van der Waals surface area contributed by atoms with Crippen molar-refractivity contribution in [1.29, 1.82) is 0 Å². The van der Waals surface area contributed by atoms with Gasteiger partial charge in [0.25, 0.3) is 0 Å². The van der Waals surface area contributed by atoms with Gasteiger partial charge in [-0.25, -0.2) is 4.79 Å². The minimum absolute atomic E-state index is 0.00859. The van der Waals surface area contributed by atoms with Gasteiger partial charge in [0.1, 0.15) is 0 Å². The second-order valence-corrected chi connectivity index (χ2v) is 5.88. The van der Waals surface area contributed by atoms with Crippen molar-refractivity contribution in [3.05, 3.63) is 0 Å². The number of aliphatic carboxylic acids is 1. The Kier molecular flexibility index (Phi) is 3.78. The van der Waals surface area contributed by atoms with Gasteiger partial charge >= 0.3 is 12.0 Å². The first-order valence-electron chi connectivity index (χ1n) is 6.76. The molecule has 2 aliphatic rings. The number of piperidine rings is 1. The van der Waals surface area contributed by atoms with Crippen LogP contribution in [0.25, 0.3) is 0 Å². The zero-order valence-corrected chi connectivity index (χ0v) is 11.1. The van der Waals surface area contributed by atoms with Gasteiger partial charge < -0.3 is 15.3 Å². The molecule has 3 atom stereocenters. The molecule has 5 heteroatoms. The maximum Gasteiger partial charge on any atom is 0.317 e. The van der Waals surface area contributed by atoms with Crippen LogP contribution in [0, 0.1) is 11.8 Å². The lowest BCUT2D eigenvalue weighted by Gasteiger charge is -2.30. The van der Waals surface area contributed by atoms with Crippen LogP contribution in [0.4, 0.5) is 4.79 Å². The molecule has 18 heavy (non-hydrogen) atoms. The molecule has 2 bridgehead atoms. The largest absolute Gasteiger partial charge is 0.481 e. The maximum absolute atomic E-state index is 12.2. The van der Waals surface area contributed by atoms with Crippen molar-refractivity contribution >= 4 is 12.0 Å². The van der Waals surface area contributed by atoms with Gasteiger partial charge in [0.05, 0.1) is 6.42 Å². The average molecular weight is 254 g/mol. The lowest BCUT2D eigenvalue weighted by Crippen LogP contribution is -2.49. The Bertz CT molecular complexity index is 343. The Morgan fingerprint density at radius 2 is 2.11 bits per heavy atom. The summed E-state index contributed by atoms with van der Waals surface area (Å²) in [5.74, 6) is -0.0699. The molecule has 1 aliphatic carbocycles. The number of amides is 2. The van der Waals surface area contributed by atoms with Crippen molar-refractivity contribution in [2.45, 2.75) is 51.6 Å². The van der Waals surface area contributed by atoms with Crippen LogP contribution in [0.15, 0.2) is 0 Å². The molecule has 0 radical (unpaired) electrons. The highest BCUT2D eigenvalue weighted by Crippen LogP contribution is 2.37. The first kappa shape index (κ1) is 13.2. The maximum atomic E-state index is 12.2. The van der Waals surface area contributed by atoms with Crippen LogP contribution in [0.2, 0.25) is 0 Å². The van der Waals surface area contributed by atoms with Gasteiger partial charge in [-0.2, -0.15) is 0 Å². The minimum Gasteiger partial charge on any atom is -0.481 e. The Morgan fingerprint density at radius 3 is 2.56 bits per heavy atom. The summed E-state index contributed by atoms with van der Waals surface area (Å²) in [7, 11) is 0. The molecule has 2 N–H and O–H groups in total. The van der Waals surface area contributed by atoms with E-state index in [0.717, 1.165) is 19.4 Å². The molecule has 1 heterocycles. The predicted octanol–water partition coefficient (Wildman–Crippen LogP) is 1.68. The van der Waals surface area contributed by atoms with Crippen LogP contribution in [-0.4, -0.2) is 40.6 Å². The Labute approximate surface area is 108 Å². The normalized spacial score (nSPS) is 27.6. The molecule has 1 saturated heterocycles. The molecule has 2 fully saturated rings. The molecule has 0 aromatic heterocycles. The number of carbonyl (C=O) groups excluding carboxylic acids is 1. The molecule has 0 aromatic carbocycles. The molecule has 2 rings (SSSR count). The molecule has 0 aromatic rings. The average Bonchev–Trinajstić information content (AvgIpc) is 2.88.